The highest BCUT2D eigenvalue weighted by Gasteiger charge is 2.14. The first-order valence-corrected chi connectivity index (χ1v) is 4.85. The molecule has 2 aromatic rings. The van der Waals surface area contributed by atoms with Crippen LogP contribution in [0.2, 0.25) is 0 Å². The first-order valence-electron chi connectivity index (χ1n) is 4.85. The number of aromatic carboxylic acids is 1. The molecule has 2 heterocycles. The highest BCUT2D eigenvalue weighted by atomic mass is 16.4. The van der Waals surface area contributed by atoms with Crippen molar-refractivity contribution in [2.45, 2.75) is 0 Å². The maximum atomic E-state index is 11.8. The predicted molar refractivity (Wildman–Crippen MR) is 58.8 cm³/mol. The third kappa shape index (κ3) is 1.71. The normalized spacial score (nSPS) is 10.6. The number of carboxylic acid groups (broad SMARTS) is 1. The molecule has 0 radical (unpaired) electrons. The van der Waals surface area contributed by atoms with E-state index in [-0.39, 0.29) is 11.5 Å². The maximum Gasteiger partial charge on any atom is 0.356 e. The van der Waals surface area contributed by atoms with Crippen LogP contribution in [0.15, 0.2) is 21.9 Å². The summed E-state index contributed by atoms with van der Waals surface area (Å²) in [4.78, 5) is 33.9. The average Bonchev–Trinajstić information content (AvgIpc) is 2.80. The van der Waals surface area contributed by atoms with Gasteiger partial charge in [0.25, 0.3) is 0 Å². The van der Waals surface area contributed by atoms with E-state index < -0.39 is 17.2 Å². The van der Waals surface area contributed by atoms with Gasteiger partial charge in [-0.3, -0.25) is 9.36 Å². The maximum absolute atomic E-state index is 11.8. The minimum absolute atomic E-state index is 0.146. The molecule has 94 valence electrons. The summed E-state index contributed by atoms with van der Waals surface area (Å²) < 4.78 is 2.86. The van der Waals surface area contributed by atoms with E-state index >= 15 is 0 Å². The van der Waals surface area contributed by atoms with Crippen molar-refractivity contribution in [1.29, 1.82) is 0 Å². The fraction of sp³-hybridized carbons (Fsp3) is 0.222. The van der Waals surface area contributed by atoms with E-state index in [1.165, 1.54) is 26.4 Å². The number of carboxylic acids is 1. The second-order valence-corrected chi connectivity index (χ2v) is 3.54. The van der Waals surface area contributed by atoms with Crippen LogP contribution in [-0.2, 0) is 14.1 Å². The molecule has 2 rings (SSSR count). The van der Waals surface area contributed by atoms with Gasteiger partial charge in [-0.2, -0.15) is 5.10 Å². The van der Waals surface area contributed by atoms with E-state index in [4.69, 9.17) is 5.11 Å². The van der Waals surface area contributed by atoms with Crippen LogP contribution >= 0.6 is 0 Å². The summed E-state index contributed by atoms with van der Waals surface area (Å²) in [5.74, 6) is -1.36. The van der Waals surface area contributed by atoms with Gasteiger partial charge in [-0.15, -0.1) is 5.10 Å². The smallest absolute Gasteiger partial charge is 0.356 e. The zero-order chi connectivity index (χ0) is 13.4. The molecular formula is C9H9N5O4. The molecule has 0 saturated heterocycles. The lowest BCUT2D eigenvalue weighted by Crippen LogP contribution is -2.40. The molecule has 1 N–H and O–H groups in total. The van der Waals surface area contributed by atoms with Crippen LogP contribution in [0.1, 0.15) is 10.5 Å². The lowest BCUT2D eigenvalue weighted by Gasteiger charge is -2.04. The molecule has 2 aromatic heterocycles. The van der Waals surface area contributed by atoms with Gasteiger partial charge in [0.2, 0.25) is 5.82 Å². The first-order chi connectivity index (χ1) is 8.41. The topological polar surface area (TPSA) is 112 Å². The summed E-state index contributed by atoms with van der Waals surface area (Å²) in [7, 11) is 2.68. The highest BCUT2D eigenvalue weighted by Crippen LogP contribution is 1.99. The first kappa shape index (κ1) is 11.8. The van der Waals surface area contributed by atoms with Gasteiger partial charge >= 0.3 is 17.2 Å². The molecule has 0 amide bonds. The van der Waals surface area contributed by atoms with Gasteiger partial charge in [-0.05, 0) is 6.07 Å². The molecule has 0 unspecified atom stereocenters. The van der Waals surface area contributed by atoms with Crippen molar-refractivity contribution in [3.8, 4) is 5.82 Å². The van der Waals surface area contributed by atoms with Gasteiger partial charge in [0, 0.05) is 20.3 Å². The summed E-state index contributed by atoms with van der Waals surface area (Å²) >= 11 is 0. The average molecular weight is 251 g/mol. The lowest BCUT2D eigenvalue weighted by molar-refractivity contribution is 0.0690. The van der Waals surface area contributed by atoms with Gasteiger partial charge in [-0.1, -0.05) is 0 Å². The van der Waals surface area contributed by atoms with E-state index in [1.54, 1.807) is 0 Å². The van der Waals surface area contributed by atoms with Crippen LogP contribution in [0, 0.1) is 0 Å². The fourth-order valence-electron chi connectivity index (χ4n) is 1.38. The molecule has 0 spiro atoms. The van der Waals surface area contributed by atoms with Crippen molar-refractivity contribution in [2.24, 2.45) is 14.1 Å². The zero-order valence-electron chi connectivity index (χ0n) is 9.56. The third-order valence-corrected chi connectivity index (χ3v) is 2.33. The zero-order valence-corrected chi connectivity index (χ0v) is 9.56. The van der Waals surface area contributed by atoms with Crippen LogP contribution in [0.5, 0.6) is 0 Å². The molecule has 0 fully saturated rings. The molecule has 0 aliphatic carbocycles. The highest BCUT2D eigenvalue weighted by molar-refractivity contribution is 5.85. The van der Waals surface area contributed by atoms with E-state index in [9.17, 15) is 14.4 Å². The van der Waals surface area contributed by atoms with Crippen molar-refractivity contribution in [1.82, 2.24) is 24.1 Å². The number of aromatic nitrogens is 5. The van der Waals surface area contributed by atoms with E-state index in [0.29, 0.717) is 0 Å². The molecule has 18 heavy (non-hydrogen) atoms. The minimum Gasteiger partial charge on any atom is -0.476 e. The predicted octanol–water partition coefficient (Wildman–Crippen LogP) is -1.64. The number of nitrogens with zero attached hydrogens (tertiary/aromatic N) is 5. The molecule has 9 heteroatoms. The van der Waals surface area contributed by atoms with Crippen LogP contribution in [-0.4, -0.2) is 35.2 Å². The fourth-order valence-corrected chi connectivity index (χ4v) is 1.38. The van der Waals surface area contributed by atoms with Crippen molar-refractivity contribution < 1.29 is 9.90 Å². The Kier molecular flexibility index (Phi) is 2.58. The number of hydrogen-bond acceptors (Lipinski definition) is 5. The van der Waals surface area contributed by atoms with Crippen molar-refractivity contribution >= 4 is 5.97 Å². The molecular weight excluding hydrogens is 242 g/mol. The van der Waals surface area contributed by atoms with Gasteiger partial charge < -0.3 is 5.11 Å². The summed E-state index contributed by atoms with van der Waals surface area (Å²) in [6.45, 7) is 0. The van der Waals surface area contributed by atoms with Gasteiger partial charge in [-0.25, -0.2) is 19.0 Å². The Hall–Kier alpha value is -2.71. The lowest BCUT2D eigenvalue weighted by atomic mass is 10.5. The molecule has 0 aliphatic heterocycles. The Morgan fingerprint density at radius 1 is 1.28 bits per heavy atom. The van der Waals surface area contributed by atoms with Crippen molar-refractivity contribution in [2.75, 3.05) is 0 Å². The van der Waals surface area contributed by atoms with Crippen LogP contribution in [0.25, 0.3) is 5.82 Å². The van der Waals surface area contributed by atoms with Crippen LogP contribution in [0.4, 0.5) is 0 Å². The van der Waals surface area contributed by atoms with E-state index in [2.05, 4.69) is 10.2 Å². The Labute approximate surface area is 99.5 Å². The molecule has 0 aliphatic rings. The van der Waals surface area contributed by atoms with Crippen molar-refractivity contribution in [3.05, 3.63) is 38.8 Å². The Bertz CT molecular complexity index is 738. The SMILES string of the molecule is Cn1nc(-n2ccc(C(=O)O)n2)c(=O)n(C)c1=O. The quantitative estimate of drug-likeness (QED) is 0.685. The summed E-state index contributed by atoms with van der Waals surface area (Å²) in [5.41, 5.74) is -1.44. The standard InChI is InChI=1S/C9H9N5O4/c1-12-7(15)6(11-13(2)9(12)18)14-4-3-5(10-14)8(16)17/h3-4H,1-2H3,(H,16,17). The van der Waals surface area contributed by atoms with Crippen molar-refractivity contribution in [3.63, 3.8) is 0 Å². The number of carbonyl (C=O) groups is 1. The number of rotatable bonds is 2. The molecule has 0 atom stereocenters. The molecule has 0 bridgehead atoms. The Balaban J connectivity index is 2.68. The van der Waals surface area contributed by atoms with E-state index in [1.807, 2.05) is 0 Å². The van der Waals surface area contributed by atoms with Gasteiger partial charge in [0.1, 0.15) is 0 Å². The summed E-state index contributed by atoms with van der Waals surface area (Å²) in [5, 5.41) is 16.2. The Morgan fingerprint density at radius 3 is 2.50 bits per heavy atom. The second kappa shape index (κ2) is 3.95. The largest absolute Gasteiger partial charge is 0.476 e. The molecule has 0 saturated carbocycles. The van der Waals surface area contributed by atoms with Crippen LogP contribution < -0.4 is 11.2 Å². The van der Waals surface area contributed by atoms with E-state index in [0.717, 1.165) is 13.9 Å². The third-order valence-electron chi connectivity index (χ3n) is 2.33. The summed E-state index contributed by atoms with van der Waals surface area (Å²) in [6.07, 6.45) is 1.29. The summed E-state index contributed by atoms with van der Waals surface area (Å²) in [6, 6.07) is 1.23. The molecule has 9 nitrogen and oxygen atoms in total. The molecule has 0 aromatic carbocycles. The monoisotopic (exact) mass is 251 g/mol. The van der Waals surface area contributed by atoms with Gasteiger partial charge in [0.15, 0.2) is 5.69 Å². The van der Waals surface area contributed by atoms with Crippen LogP contribution in [0.3, 0.4) is 0 Å². The second-order valence-electron chi connectivity index (χ2n) is 3.54. The van der Waals surface area contributed by atoms with Gasteiger partial charge in [0.05, 0.1) is 0 Å². The number of aryl methyl sites for hydroxylation is 1. The minimum atomic E-state index is -1.21. The Morgan fingerprint density at radius 2 is 1.94 bits per heavy atom. The number of hydrogen-bond donors (Lipinski definition) is 1.